The van der Waals surface area contributed by atoms with Gasteiger partial charge >= 0.3 is 5.69 Å². The Balaban J connectivity index is 1.52. The van der Waals surface area contributed by atoms with E-state index in [0.717, 1.165) is 48.1 Å². The lowest BCUT2D eigenvalue weighted by Gasteiger charge is -2.22. The first-order valence-electron chi connectivity index (χ1n) is 10.2. The van der Waals surface area contributed by atoms with E-state index in [-0.39, 0.29) is 17.3 Å². The lowest BCUT2D eigenvalue weighted by molar-refractivity contribution is -0.113. The first kappa shape index (κ1) is 21.6. The first-order valence-corrected chi connectivity index (χ1v) is 11.6. The van der Waals surface area contributed by atoms with Crippen molar-refractivity contribution in [1.29, 1.82) is 0 Å². The fraction of sp³-hybridized carbons (Fsp3) is 0.304. The predicted molar refractivity (Wildman–Crippen MR) is 124 cm³/mol. The molecule has 0 bridgehead atoms. The number of hydrogen-bond donors (Lipinski definition) is 1. The van der Waals surface area contributed by atoms with Gasteiger partial charge in [0.05, 0.1) is 12.3 Å². The maximum Gasteiger partial charge on any atom is 0.349 e. The molecule has 6 nitrogen and oxygen atoms in total. The molecule has 1 N–H and O–H groups in total. The summed E-state index contributed by atoms with van der Waals surface area (Å²) in [6, 6.07) is 9.24. The quantitative estimate of drug-likeness (QED) is 0.445. The predicted octanol–water partition coefficient (Wildman–Crippen LogP) is 4.26. The molecule has 1 aliphatic carbocycles. The van der Waals surface area contributed by atoms with Gasteiger partial charge < -0.3 is 5.32 Å². The Morgan fingerprint density at radius 1 is 1.19 bits per heavy atom. The Kier molecular flexibility index (Phi) is 6.73. The summed E-state index contributed by atoms with van der Waals surface area (Å²) in [6.07, 6.45) is 7.28. The topological polar surface area (TPSA) is 76.9 Å². The molecule has 0 aliphatic heterocycles. The van der Waals surface area contributed by atoms with Crippen LogP contribution >= 0.6 is 23.4 Å². The van der Waals surface area contributed by atoms with Crippen LogP contribution in [-0.2, 0) is 24.2 Å². The number of benzene rings is 1. The SMILES string of the molecule is Cc1ccc(NC(=O)CSc2nc(=O)n(Cc3ccncc3)c3c2CCCC3)cc1Cl. The van der Waals surface area contributed by atoms with Crippen LogP contribution in [-0.4, -0.2) is 26.2 Å². The number of fused-ring (bicyclic) bond motifs is 1. The maximum atomic E-state index is 12.8. The summed E-state index contributed by atoms with van der Waals surface area (Å²) in [5, 5.41) is 4.14. The number of nitrogens with zero attached hydrogens (tertiary/aromatic N) is 3. The minimum absolute atomic E-state index is 0.155. The average molecular weight is 455 g/mol. The fourth-order valence-electron chi connectivity index (χ4n) is 3.70. The zero-order chi connectivity index (χ0) is 21.8. The van der Waals surface area contributed by atoms with Crippen molar-refractivity contribution in [2.24, 2.45) is 0 Å². The molecule has 0 saturated carbocycles. The summed E-state index contributed by atoms with van der Waals surface area (Å²) in [6.45, 7) is 2.39. The number of aryl methyl sites for hydroxylation is 1. The molecule has 31 heavy (non-hydrogen) atoms. The maximum absolute atomic E-state index is 12.8. The number of pyridine rings is 1. The third-order valence-corrected chi connectivity index (χ3v) is 6.76. The standard InChI is InChI=1S/C23H23ClN4O2S/c1-15-6-7-17(12-19(15)24)26-21(29)14-31-22-18-4-2-3-5-20(18)28(23(30)27-22)13-16-8-10-25-11-9-16/h6-12H,2-5,13-14H2,1H3,(H,26,29). The number of carbonyl (C=O) groups is 1. The highest BCUT2D eigenvalue weighted by Crippen LogP contribution is 2.29. The molecule has 0 unspecified atom stereocenters. The van der Waals surface area contributed by atoms with Crippen molar-refractivity contribution in [2.75, 3.05) is 11.1 Å². The largest absolute Gasteiger partial charge is 0.349 e. The van der Waals surface area contributed by atoms with Crippen LogP contribution in [0.25, 0.3) is 0 Å². The van der Waals surface area contributed by atoms with E-state index in [1.54, 1.807) is 23.0 Å². The van der Waals surface area contributed by atoms with E-state index in [1.165, 1.54) is 11.8 Å². The molecule has 8 heteroatoms. The molecule has 0 atom stereocenters. The van der Waals surface area contributed by atoms with Gasteiger partial charge in [0.1, 0.15) is 5.03 Å². The molecule has 1 amide bonds. The van der Waals surface area contributed by atoms with Crippen molar-refractivity contribution in [3.8, 4) is 0 Å². The van der Waals surface area contributed by atoms with E-state index < -0.39 is 0 Å². The second kappa shape index (κ2) is 9.66. The van der Waals surface area contributed by atoms with Crippen LogP contribution in [0, 0.1) is 6.92 Å². The van der Waals surface area contributed by atoms with Crippen molar-refractivity contribution in [3.63, 3.8) is 0 Å². The van der Waals surface area contributed by atoms with Gasteiger partial charge in [-0.25, -0.2) is 4.79 Å². The van der Waals surface area contributed by atoms with Crippen LogP contribution in [0.5, 0.6) is 0 Å². The zero-order valence-electron chi connectivity index (χ0n) is 17.2. The average Bonchev–Trinajstić information content (AvgIpc) is 2.78. The van der Waals surface area contributed by atoms with Crippen LogP contribution in [0.1, 0.15) is 35.2 Å². The smallest absolute Gasteiger partial charge is 0.325 e. The molecule has 0 saturated heterocycles. The van der Waals surface area contributed by atoms with Gasteiger partial charge in [-0.1, -0.05) is 29.4 Å². The molecule has 1 aromatic carbocycles. The second-order valence-corrected chi connectivity index (χ2v) is 8.95. The van der Waals surface area contributed by atoms with Gasteiger partial charge in [0, 0.05) is 34.4 Å². The number of aromatic nitrogens is 3. The van der Waals surface area contributed by atoms with E-state index >= 15 is 0 Å². The van der Waals surface area contributed by atoms with Gasteiger partial charge in [0.25, 0.3) is 0 Å². The molecule has 0 fully saturated rings. The van der Waals surface area contributed by atoms with E-state index in [1.807, 2.05) is 31.2 Å². The third-order valence-electron chi connectivity index (χ3n) is 5.34. The highest BCUT2D eigenvalue weighted by molar-refractivity contribution is 8.00. The molecule has 0 spiro atoms. The minimum atomic E-state index is -0.273. The second-order valence-electron chi connectivity index (χ2n) is 7.57. The van der Waals surface area contributed by atoms with Crippen molar-refractivity contribution in [3.05, 3.63) is 80.6 Å². The zero-order valence-corrected chi connectivity index (χ0v) is 18.8. The summed E-state index contributed by atoms with van der Waals surface area (Å²) in [7, 11) is 0. The number of carbonyl (C=O) groups excluding carboxylic acids is 1. The van der Waals surface area contributed by atoms with E-state index in [0.29, 0.717) is 22.3 Å². The molecular formula is C23H23ClN4O2S. The summed E-state index contributed by atoms with van der Waals surface area (Å²) >= 11 is 7.45. The van der Waals surface area contributed by atoms with Gasteiger partial charge in [-0.15, -0.1) is 0 Å². The molecule has 2 aromatic heterocycles. The van der Waals surface area contributed by atoms with Crippen LogP contribution < -0.4 is 11.0 Å². The number of rotatable bonds is 6. The Labute approximate surface area is 190 Å². The highest BCUT2D eigenvalue weighted by atomic mass is 35.5. The normalized spacial score (nSPS) is 13.0. The van der Waals surface area contributed by atoms with Crippen LogP contribution in [0.15, 0.2) is 52.5 Å². The molecule has 160 valence electrons. The van der Waals surface area contributed by atoms with Gasteiger partial charge in [-0.05, 0) is 68.0 Å². The third kappa shape index (κ3) is 5.17. The first-order chi connectivity index (χ1) is 15.0. The van der Waals surface area contributed by atoms with E-state index in [4.69, 9.17) is 11.6 Å². The van der Waals surface area contributed by atoms with Crippen LogP contribution in [0.3, 0.4) is 0 Å². The van der Waals surface area contributed by atoms with Gasteiger partial charge in [0.2, 0.25) is 5.91 Å². The van der Waals surface area contributed by atoms with Crippen LogP contribution in [0.2, 0.25) is 5.02 Å². The lowest BCUT2D eigenvalue weighted by Crippen LogP contribution is -2.30. The molecule has 2 heterocycles. The summed E-state index contributed by atoms with van der Waals surface area (Å²) < 4.78 is 1.77. The van der Waals surface area contributed by atoms with Gasteiger partial charge in [-0.3, -0.25) is 14.3 Å². The van der Waals surface area contributed by atoms with Gasteiger partial charge in [0.15, 0.2) is 0 Å². The molecular weight excluding hydrogens is 432 g/mol. The molecule has 3 aromatic rings. The number of halogens is 1. The van der Waals surface area contributed by atoms with Crippen LogP contribution in [0.4, 0.5) is 5.69 Å². The lowest BCUT2D eigenvalue weighted by atomic mass is 9.97. The van der Waals surface area contributed by atoms with Crippen molar-refractivity contribution in [1.82, 2.24) is 14.5 Å². The molecule has 1 aliphatic rings. The molecule has 4 rings (SSSR count). The summed E-state index contributed by atoms with van der Waals surface area (Å²) in [5.74, 6) is 0.0240. The monoisotopic (exact) mass is 454 g/mol. The van der Waals surface area contributed by atoms with E-state index in [2.05, 4.69) is 15.3 Å². The van der Waals surface area contributed by atoms with E-state index in [9.17, 15) is 9.59 Å². The minimum Gasteiger partial charge on any atom is -0.325 e. The van der Waals surface area contributed by atoms with Gasteiger partial charge in [-0.2, -0.15) is 4.98 Å². The Morgan fingerprint density at radius 3 is 2.74 bits per heavy atom. The van der Waals surface area contributed by atoms with Crippen molar-refractivity contribution < 1.29 is 4.79 Å². The Hall–Kier alpha value is -2.64. The number of thioether (sulfide) groups is 1. The van der Waals surface area contributed by atoms with Crippen molar-refractivity contribution >= 4 is 35.0 Å². The number of anilines is 1. The summed E-state index contributed by atoms with van der Waals surface area (Å²) in [4.78, 5) is 33.7. The Morgan fingerprint density at radius 2 is 1.97 bits per heavy atom. The number of nitrogens with one attached hydrogen (secondary N) is 1. The number of amides is 1. The highest BCUT2D eigenvalue weighted by Gasteiger charge is 2.21. The fourth-order valence-corrected chi connectivity index (χ4v) is 4.76. The Bertz CT molecular complexity index is 1160. The molecule has 0 radical (unpaired) electrons. The summed E-state index contributed by atoms with van der Waals surface area (Å²) in [5.41, 5.74) is 4.49. The number of hydrogen-bond acceptors (Lipinski definition) is 5. The van der Waals surface area contributed by atoms with Crippen molar-refractivity contribution in [2.45, 2.75) is 44.2 Å².